The molecule has 0 bridgehead atoms. The second kappa shape index (κ2) is 7.48. The first-order valence-corrected chi connectivity index (χ1v) is 9.77. The second-order valence-corrected chi connectivity index (χ2v) is 8.23. The molecule has 0 aromatic heterocycles. The second-order valence-electron chi connectivity index (χ2n) is 5.93. The van der Waals surface area contributed by atoms with Crippen molar-refractivity contribution in [3.8, 4) is 0 Å². The van der Waals surface area contributed by atoms with Crippen LogP contribution in [0.5, 0.6) is 0 Å². The van der Waals surface area contributed by atoms with E-state index in [1.165, 1.54) is 52.8 Å². The molecular weight excluding hydrogens is 373 g/mol. The Morgan fingerprint density at radius 3 is 2.23 bits per heavy atom. The Balaban J connectivity index is 2.07. The van der Waals surface area contributed by atoms with Gasteiger partial charge >= 0.3 is 0 Å². The zero-order valence-electron chi connectivity index (χ0n) is 14.1. The number of rotatable bonds is 5. The van der Waals surface area contributed by atoms with Crippen LogP contribution >= 0.6 is 11.6 Å². The van der Waals surface area contributed by atoms with Crippen molar-refractivity contribution in [3.05, 3.63) is 94.8 Å². The van der Waals surface area contributed by atoms with Gasteiger partial charge in [-0.05, 0) is 61.0 Å². The first-order chi connectivity index (χ1) is 12.4. The molecule has 0 saturated heterocycles. The standard InChI is InChI=1S/C20H17ClFNO2S/c1-15-3-2-4-16(13-15)14-23(19-9-7-18(22)8-10-19)26(24,25)20-11-5-17(21)6-12-20/h2-13H,14H2,1H3. The number of hydrogen-bond acceptors (Lipinski definition) is 2. The lowest BCUT2D eigenvalue weighted by Crippen LogP contribution is -2.30. The average Bonchev–Trinajstić information content (AvgIpc) is 2.61. The van der Waals surface area contributed by atoms with E-state index < -0.39 is 15.8 Å². The summed E-state index contributed by atoms with van der Waals surface area (Å²) in [5.74, 6) is -0.423. The van der Waals surface area contributed by atoms with Crippen molar-refractivity contribution in [2.45, 2.75) is 18.4 Å². The van der Waals surface area contributed by atoms with E-state index in [1.54, 1.807) is 0 Å². The molecule has 0 aliphatic heterocycles. The Labute approximate surface area is 157 Å². The highest BCUT2D eigenvalue weighted by Crippen LogP contribution is 2.27. The van der Waals surface area contributed by atoms with E-state index in [4.69, 9.17) is 11.6 Å². The van der Waals surface area contributed by atoms with Crippen LogP contribution in [0, 0.1) is 12.7 Å². The molecule has 0 amide bonds. The van der Waals surface area contributed by atoms with Crippen LogP contribution in [-0.4, -0.2) is 8.42 Å². The van der Waals surface area contributed by atoms with Crippen LogP contribution in [-0.2, 0) is 16.6 Å². The van der Waals surface area contributed by atoms with Crippen molar-refractivity contribution < 1.29 is 12.8 Å². The van der Waals surface area contributed by atoms with Crippen LogP contribution in [0.4, 0.5) is 10.1 Å². The highest BCUT2D eigenvalue weighted by atomic mass is 35.5. The summed E-state index contributed by atoms with van der Waals surface area (Å²) in [6.45, 7) is 2.08. The van der Waals surface area contributed by atoms with E-state index in [1.807, 2.05) is 31.2 Å². The summed E-state index contributed by atoms with van der Waals surface area (Å²) >= 11 is 5.87. The quantitative estimate of drug-likeness (QED) is 0.602. The van der Waals surface area contributed by atoms with Crippen molar-refractivity contribution >= 4 is 27.3 Å². The molecule has 0 spiro atoms. The molecule has 6 heteroatoms. The zero-order valence-corrected chi connectivity index (χ0v) is 15.6. The number of benzene rings is 3. The molecule has 0 atom stereocenters. The summed E-state index contributed by atoms with van der Waals surface area (Å²) in [5.41, 5.74) is 2.26. The molecule has 0 unspecified atom stereocenters. The van der Waals surface area contributed by atoms with Gasteiger partial charge < -0.3 is 0 Å². The number of halogens is 2. The topological polar surface area (TPSA) is 37.4 Å². The van der Waals surface area contributed by atoms with Gasteiger partial charge in [-0.25, -0.2) is 12.8 Å². The zero-order chi connectivity index (χ0) is 18.7. The average molecular weight is 390 g/mol. The van der Waals surface area contributed by atoms with Gasteiger partial charge in [0.1, 0.15) is 5.82 Å². The lowest BCUT2D eigenvalue weighted by Gasteiger charge is -2.25. The van der Waals surface area contributed by atoms with Gasteiger partial charge in [0.25, 0.3) is 10.0 Å². The molecule has 0 heterocycles. The summed E-state index contributed by atoms with van der Waals surface area (Å²) in [4.78, 5) is 0.124. The van der Waals surface area contributed by atoms with Crippen LogP contribution < -0.4 is 4.31 Å². The Bertz CT molecular complexity index is 1000. The van der Waals surface area contributed by atoms with Gasteiger partial charge in [-0.15, -0.1) is 0 Å². The maximum Gasteiger partial charge on any atom is 0.264 e. The molecule has 0 N–H and O–H groups in total. The summed E-state index contributed by atoms with van der Waals surface area (Å²) in [6, 6.07) is 19.0. The predicted molar refractivity (Wildman–Crippen MR) is 102 cm³/mol. The van der Waals surface area contributed by atoms with E-state index in [0.29, 0.717) is 10.7 Å². The van der Waals surface area contributed by atoms with E-state index in [0.717, 1.165) is 11.1 Å². The fourth-order valence-electron chi connectivity index (χ4n) is 2.63. The molecule has 3 aromatic carbocycles. The number of hydrogen-bond donors (Lipinski definition) is 0. The van der Waals surface area contributed by atoms with Gasteiger partial charge in [-0.3, -0.25) is 4.31 Å². The lowest BCUT2D eigenvalue weighted by atomic mass is 10.1. The minimum absolute atomic E-state index is 0.124. The molecule has 3 nitrogen and oxygen atoms in total. The third kappa shape index (κ3) is 4.06. The minimum Gasteiger partial charge on any atom is -0.262 e. The highest BCUT2D eigenvalue weighted by molar-refractivity contribution is 7.92. The minimum atomic E-state index is -3.84. The van der Waals surface area contributed by atoms with Crippen LogP contribution in [0.2, 0.25) is 5.02 Å². The Morgan fingerprint density at radius 2 is 1.62 bits per heavy atom. The van der Waals surface area contributed by atoms with Crippen LogP contribution in [0.25, 0.3) is 0 Å². The molecule has 3 aromatic rings. The van der Waals surface area contributed by atoms with Gasteiger partial charge in [0.2, 0.25) is 0 Å². The van der Waals surface area contributed by atoms with Crippen molar-refractivity contribution in [1.82, 2.24) is 0 Å². The largest absolute Gasteiger partial charge is 0.264 e. The third-order valence-corrected chi connectivity index (χ3v) is 5.96. The molecule has 3 rings (SSSR count). The monoisotopic (exact) mass is 389 g/mol. The fraction of sp³-hybridized carbons (Fsp3) is 0.100. The van der Waals surface area contributed by atoms with Crippen LogP contribution in [0.1, 0.15) is 11.1 Å². The van der Waals surface area contributed by atoms with Gasteiger partial charge in [0.05, 0.1) is 17.1 Å². The van der Waals surface area contributed by atoms with Gasteiger partial charge in [0, 0.05) is 5.02 Å². The SMILES string of the molecule is Cc1cccc(CN(c2ccc(F)cc2)S(=O)(=O)c2ccc(Cl)cc2)c1. The smallest absolute Gasteiger partial charge is 0.262 e. The van der Waals surface area contributed by atoms with E-state index >= 15 is 0 Å². The third-order valence-electron chi connectivity index (χ3n) is 3.92. The molecule has 0 fully saturated rings. The number of aryl methyl sites for hydroxylation is 1. The molecule has 0 aliphatic rings. The Hall–Kier alpha value is -2.37. The van der Waals surface area contributed by atoms with Gasteiger partial charge in [-0.2, -0.15) is 0 Å². The van der Waals surface area contributed by atoms with Crippen molar-refractivity contribution in [1.29, 1.82) is 0 Å². The van der Waals surface area contributed by atoms with E-state index in [2.05, 4.69) is 0 Å². The molecule has 0 aliphatic carbocycles. The van der Waals surface area contributed by atoms with Gasteiger partial charge in [0.15, 0.2) is 0 Å². The number of anilines is 1. The summed E-state index contributed by atoms with van der Waals surface area (Å²) in [6.07, 6.45) is 0. The number of sulfonamides is 1. The Kier molecular flexibility index (Phi) is 5.30. The normalized spacial score (nSPS) is 11.3. The molecule has 0 radical (unpaired) electrons. The lowest BCUT2D eigenvalue weighted by molar-refractivity contribution is 0.590. The van der Waals surface area contributed by atoms with Gasteiger partial charge in [-0.1, -0.05) is 41.4 Å². The number of nitrogens with zero attached hydrogens (tertiary/aromatic N) is 1. The molecule has 0 saturated carbocycles. The van der Waals surface area contributed by atoms with Crippen molar-refractivity contribution in [2.75, 3.05) is 4.31 Å². The first kappa shape index (κ1) is 18.4. The summed E-state index contributed by atoms with van der Waals surface area (Å²) in [7, 11) is -3.84. The summed E-state index contributed by atoms with van der Waals surface area (Å²) in [5, 5.41) is 0.455. The molecular formula is C20H17ClFNO2S. The van der Waals surface area contributed by atoms with Crippen LogP contribution in [0.3, 0.4) is 0 Å². The molecule has 134 valence electrons. The van der Waals surface area contributed by atoms with Crippen molar-refractivity contribution in [3.63, 3.8) is 0 Å². The Morgan fingerprint density at radius 1 is 0.962 bits per heavy atom. The molecule has 26 heavy (non-hydrogen) atoms. The van der Waals surface area contributed by atoms with Crippen LogP contribution in [0.15, 0.2) is 77.7 Å². The fourth-order valence-corrected chi connectivity index (χ4v) is 4.21. The highest BCUT2D eigenvalue weighted by Gasteiger charge is 2.25. The predicted octanol–water partition coefficient (Wildman–Crippen LogP) is 5.18. The van der Waals surface area contributed by atoms with E-state index in [9.17, 15) is 12.8 Å². The summed E-state index contributed by atoms with van der Waals surface area (Å²) < 4.78 is 41.0. The maximum atomic E-state index is 13.3. The van der Waals surface area contributed by atoms with E-state index in [-0.39, 0.29) is 11.4 Å². The van der Waals surface area contributed by atoms with Crippen molar-refractivity contribution in [2.24, 2.45) is 0 Å². The maximum absolute atomic E-state index is 13.3. The first-order valence-electron chi connectivity index (χ1n) is 7.96.